The number of halogens is 4. The number of amides is 1. The van der Waals surface area contributed by atoms with Crippen LogP contribution in [0.2, 0.25) is 10.0 Å². The zero-order chi connectivity index (χ0) is 17.9. The number of hydrogen-bond acceptors (Lipinski definition) is 1. The standard InChI is InChI=1S/C17H16Cl2F2N2O/c1-9(11-7-15(21)13(19)8-12(11)18)22-10(2)17(24)23-16-6-4-3-5-14(16)20/h3-10,22H,1-2H3,(H,23,24)/p+1/t9-,10+/m1/s1. The van der Waals surface area contributed by atoms with Crippen LogP contribution in [0.1, 0.15) is 25.5 Å². The predicted molar refractivity (Wildman–Crippen MR) is 91.3 cm³/mol. The summed E-state index contributed by atoms with van der Waals surface area (Å²) in [6.45, 7) is 3.47. The highest BCUT2D eigenvalue weighted by molar-refractivity contribution is 6.35. The van der Waals surface area contributed by atoms with Gasteiger partial charge in [-0.2, -0.15) is 0 Å². The van der Waals surface area contributed by atoms with E-state index in [0.717, 1.165) is 0 Å². The maximum absolute atomic E-state index is 13.6. The highest BCUT2D eigenvalue weighted by Gasteiger charge is 2.23. The van der Waals surface area contributed by atoms with Crippen molar-refractivity contribution >= 4 is 34.8 Å². The predicted octanol–water partition coefficient (Wildman–Crippen LogP) is 3.92. The summed E-state index contributed by atoms with van der Waals surface area (Å²) in [5, 5.41) is 4.51. The third kappa shape index (κ3) is 4.44. The molecule has 0 bridgehead atoms. The maximum Gasteiger partial charge on any atom is 0.282 e. The highest BCUT2D eigenvalue weighted by atomic mass is 35.5. The van der Waals surface area contributed by atoms with Crippen LogP contribution < -0.4 is 10.6 Å². The zero-order valence-corrected chi connectivity index (χ0v) is 14.6. The van der Waals surface area contributed by atoms with Gasteiger partial charge in [0.1, 0.15) is 17.7 Å². The van der Waals surface area contributed by atoms with E-state index in [2.05, 4.69) is 5.32 Å². The Bertz CT molecular complexity index is 755. The van der Waals surface area contributed by atoms with Crippen LogP contribution in [-0.4, -0.2) is 11.9 Å². The minimum atomic E-state index is -0.570. The van der Waals surface area contributed by atoms with Gasteiger partial charge in [-0.25, -0.2) is 8.78 Å². The van der Waals surface area contributed by atoms with E-state index in [1.165, 1.54) is 24.3 Å². The Morgan fingerprint density at radius 1 is 1.08 bits per heavy atom. The molecule has 0 aliphatic heterocycles. The first kappa shape index (κ1) is 18.6. The maximum atomic E-state index is 13.6. The molecule has 2 aromatic carbocycles. The number of benzene rings is 2. The van der Waals surface area contributed by atoms with Gasteiger partial charge in [-0.15, -0.1) is 0 Å². The number of anilines is 1. The molecule has 3 nitrogen and oxygen atoms in total. The largest absolute Gasteiger partial charge is 0.330 e. The van der Waals surface area contributed by atoms with Gasteiger partial charge in [0.25, 0.3) is 5.91 Å². The van der Waals surface area contributed by atoms with Crippen molar-refractivity contribution in [1.29, 1.82) is 0 Å². The quantitative estimate of drug-likeness (QED) is 0.766. The molecule has 0 aromatic heterocycles. The molecule has 2 atom stereocenters. The van der Waals surface area contributed by atoms with E-state index in [-0.39, 0.29) is 22.7 Å². The van der Waals surface area contributed by atoms with E-state index < -0.39 is 17.7 Å². The van der Waals surface area contributed by atoms with Gasteiger partial charge in [0.05, 0.1) is 15.7 Å². The number of nitrogens with one attached hydrogen (secondary N) is 1. The Morgan fingerprint density at radius 3 is 2.42 bits per heavy atom. The molecule has 0 aliphatic rings. The Balaban J connectivity index is 2.06. The normalized spacial score (nSPS) is 13.4. The lowest BCUT2D eigenvalue weighted by atomic mass is 10.1. The van der Waals surface area contributed by atoms with Crippen molar-refractivity contribution in [1.82, 2.24) is 0 Å². The van der Waals surface area contributed by atoms with Crippen LogP contribution in [0.15, 0.2) is 36.4 Å². The van der Waals surface area contributed by atoms with Gasteiger partial charge in [-0.3, -0.25) is 4.79 Å². The molecule has 0 unspecified atom stereocenters. The fourth-order valence-corrected chi connectivity index (χ4v) is 2.88. The third-order valence-corrected chi connectivity index (χ3v) is 4.27. The minimum absolute atomic E-state index is 0.0544. The number of nitrogens with two attached hydrogens (primary N) is 1. The number of hydrogen-bond donors (Lipinski definition) is 2. The lowest BCUT2D eigenvalue weighted by Gasteiger charge is -2.18. The summed E-state index contributed by atoms with van der Waals surface area (Å²) in [5.74, 6) is -1.44. The van der Waals surface area contributed by atoms with Crippen molar-refractivity contribution in [2.45, 2.75) is 25.9 Å². The third-order valence-electron chi connectivity index (χ3n) is 3.65. The number of quaternary nitrogens is 1. The van der Waals surface area contributed by atoms with E-state index in [0.29, 0.717) is 10.6 Å². The van der Waals surface area contributed by atoms with Gasteiger partial charge in [0, 0.05) is 5.56 Å². The van der Waals surface area contributed by atoms with Gasteiger partial charge in [0.2, 0.25) is 0 Å². The molecule has 7 heteroatoms. The van der Waals surface area contributed by atoms with Gasteiger partial charge < -0.3 is 10.6 Å². The summed E-state index contributed by atoms with van der Waals surface area (Å²) in [7, 11) is 0. The Morgan fingerprint density at radius 2 is 1.75 bits per heavy atom. The second-order valence-electron chi connectivity index (χ2n) is 5.53. The molecule has 2 aromatic rings. The molecule has 3 N–H and O–H groups in total. The Kier molecular flexibility index (Phi) is 6.15. The fraction of sp³-hybridized carbons (Fsp3) is 0.235. The van der Waals surface area contributed by atoms with Crippen LogP contribution in [0, 0.1) is 11.6 Å². The van der Waals surface area contributed by atoms with E-state index in [1.807, 2.05) is 0 Å². The molecule has 24 heavy (non-hydrogen) atoms. The summed E-state index contributed by atoms with van der Waals surface area (Å²) in [5.41, 5.74) is 0.648. The summed E-state index contributed by atoms with van der Waals surface area (Å²) in [6, 6.07) is 7.69. The topological polar surface area (TPSA) is 45.7 Å². The van der Waals surface area contributed by atoms with E-state index in [4.69, 9.17) is 23.2 Å². The molecule has 0 saturated heterocycles. The molecule has 0 aliphatic carbocycles. The monoisotopic (exact) mass is 373 g/mol. The average molecular weight is 374 g/mol. The number of carbonyl (C=O) groups excluding carboxylic acids is 1. The average Bonchev–Trinajstić information content (AvgIpc) is 2.52. The van der Waals surface area contributed by atoms with Crippen molar-refractivity contribution in [2.75, 3.05) is 5.32 Å². The van der Waals surface area contributed by atoms with Gasteiger partial charge in [-0.05, 0) is 38.1 Å². The van der Waals surface area contributed by atoms with E-state index in [1.54, 1.807) is 31.3 Å². The summed E-state index contributed by atoms with van der Waals surface area (Å²) in [4.78, 5) is 12.2. The minimum Gasteiger partial charge on any atom is -0.330 e. The Labute approximate surface area is 149 Å². The number of carbonyl (C=O) groups is 1. The second-order valence-corrected chi connectivity index (χ2v) is 6.34. The summed E-state index contributed by atoms with van der Waals surface area (Å²) in [6.07, 6.45) is 0. The van der Waals surface area contributed by atoms with Gasteiger partial charge in [-0.1, -0.05) is 35.3 Å². The fourth-order valence-electron chi connectivity index (χ4n) is 2.32. The van der Waals surface area contributed by atoms with Crippen molar-refractivity contribution in [3.05, 3.63) is 63.6 Å². The molecular weight excluding hydrogens is 357 g/mol. The molecule has 0 fully saturated rings. The van der Waals surface area contributed by atoms with Crippen LogP contribution >= 0.6 is 23.2 Å². The Hall–Kier alpha value is -1.69. The lowest BCUT2D eigenvalue weighted by Crippen LogP contribution is -2.91. The van der Waals surface area contributed by atoms with Crippen molar-refractivity contribution in [3.8, 4) is 0 Å². The molecule has 0 saturated carbocycles. The zero-order valence-electron chi connectivity index (χ0n) is 13.1. The van der Waals surface area contributed by atoms with Gasteiger partial charge >= 0.3 is 0 Å². The summed E-state index contributed by atoms with van der Waals surface area (Å²) < 4.78 is 27.2. The SMILES string of the molecule is C[C@H]([NH2+][C@H](C)c1cc(F)c(Cl)cc1Cl)C(=O)Nc1ccccc1F. The molecule has 128 valence electrons. The summed E-state index contributed by atoms with van der Waals surface area (Å²) >= 11 is 11.8. The number of rotatable bonds is 5. The molecule has 0 heterocycles. The van der Waals surface area contributed by atoms with Crippen molar-refractivity contribution in [3.63, 3.8) is 0 Å². The molecule has 0 radical (unpaired) electrons. The smallest absolute Gasteiger partial charge is 0.282 e. The van der Waals surface area contributed by atoms with Crippen LogP contribution in [0.3, 0.4) is 0 Å². The first-order valence-electron chi connectivity index (χ1n) is 7.34. The first-order chi connectivity index (χ1) is 11.3. The highest BCUT2D eigenvalue weighted by Crippen LogP contribution is 2.27. The van der Waals surface area contributed by atoms with Crippen LogP contribution in [0.25, 0.3) is 0 Å². The first-order valence-corrected chi connectivity index (χ1v) is 8.10. The van der Waals surface area contributed by atoms with Crippen molar-refractivity contribution in [2.24, 2.45) is 0 Å². The second kappa shape index (κ2) is 7.92. The van der Waals surface area contributed by atoms with E-state index in [9.17, 15) is 13.6 Å². The lowest BCUT2D eigenvalue weighted by molar-refractivity contribution is -0.709. The van der Waals surface area contributed by atoms with Crippen molar-refractivity contribution < 1.29 is 18.9 Å². The van der Waals surface area contributed by atoms with Crippen LogP contribution in [0.4, 0.5) is 14.5 Å². The molecule has 1 amide bonds. The number of para-hydroxylation sites is 1. The molecular formula is C17H17Cl2F2N2O+. The van der Waals surface area contributed by atoms with E-state index >= 15 is 0 Å². The molecule has 0 spiro atoms. The van der Waals surface area contributed by atoms with Crippen LogP contribution in [-0.2, 0) is 4.79 Å². The van der Waals surface area contributed by atoms with Gasteiger partial charge in [0.15, 0.2) is 6.04 Å². The van der Waals surface area contributed by atoms with Crippen LogP contribution in [0.5, 0.6) is 0 Å². The molecule has 2 rings (SSSR count).